The molecule has 0 unspecified atom stereocenters. The van der Waals surface area contributed by atoms with Crippen LogP contribution in [0.15, 0.2) is 69.1 Å². The summed E-state index contributed by atoms with van der Waals surface area (Å²) in [6.07, 6.45) is -0.791. The summed E-state index contributed by atoms with van der Waals surface area (Å²) in [7, 11) is -6.25. The third kappa shape index (κ3) is 7.22. The van der Waals surface area contributed by atoms with Gasteiger partial charge in [0.2, 0.25) is 15.9 Å². The number of benzene rings is 2. The Hall–Kier alpha value is -2.68. The lowest BCUT2D eigenvalue weighted by molar-refractivity contribution is -0.134. The molecule has 0 saturated carbocycles. The number of likely N-dealkylation sites (N-methyl/N-ethyl adjacent to an activating group) is 1. The smallest absolute Gasteiger partial charge is 0.271 e. The lowest BCUT2D eigenvalue weighted by Crippen LogP contribution is -2.48. The maximum atomic E-state index is 13.4. The first-order chi connectivity index (χ1) is 19.3. The van der Waals surface area contributed by atoms with E-state index in [0.717, 1.165) is 11.3 Å². The van der Waals surface area contributed by atoms with Crippen molar-refractivity contribution in [2.45, 2.75) is 41.5 Å². The summed E-state index contributed by atoms with van der Waals surface area (Å²) in [5.41, 5.74) is 0.681. The number of rotatable bonds is 9. The molecule has 1 aliphatic rings. The van der Waals surface area contributed by atoms with Crippen LogP contribution in [0.25, 0.3) is 0 Å². The molecular weight excluding hydrogens is 610 g/mol. The van der Waals surface area contributed by atoms with E-state index < -0.39 is 32.2 Å². The number of carbonyl (C=O) groups is 1. The highest BCUT2D eigenvalue weighted by Crippen LogP contribution is 2.31. The van der Waals surface area contributed by atoms with Crippen LogP contribution in [0.5, 0.6) is 5.75 Å². The van der Waals surface area contributed by atoms with Crippen LogP contribution in [0, 0.1) is 5.92 Å². The lowest BCUT2D eigenvalue weighted by atomic mass is 10.0. The number of aliphatic hydroxyl groups excluding tert-OH is 1. The number of anilines is 1. The van der Waals surface area contributed by atoms with Gasteiger partial charge in [-0.2, -0.15) is 4.31 Å². The number of sulfonamides is 2. The first-order valence-corrected chi connectivity index (χ1v) is 17.0. The minimum absolute atomic E-state index is 0.0339. The summed E-state index contributed by atoms with van der Waals surface area (Å²) in [6, 6.07) is 13.2. The molecule has 1 aromatic heterocycles. The van der Waals surface area contributed by atoms with Gasteiger partial charge in [0.15, 0.2) is 0 Å². The molecule has 4 rings (SSSR count). The van der Waals surface area contributed by atoms with E-state index in [-0.39, 0.29) is 52.7 Å². The number of carbonyl (C=O) groups excluding carboxylic acids is 1. The van der Waals surface area contributed by atoms with Crippen molar-refractivity contribution in [2.75, 3.05) is 31.5 Å². The van der Waals surface area contributed by atoms with Crippen LogP contribution < -0.4 is 9.46 Å². The first-order valence-electron chi connectivity index (χ1n) is 12.8. The maximum absolute atomic E-state index is 13.4. The second-order valence-corrected chi connectivity index (χ2v) is 15.3. The minimum Gasteiger partial charge on any atom is -0.488 e. The topological polar surface area (TPSA) is 133 Å². The van der Waals surface area contributed by atoms with E-state index in [4.69, 9.17) is 16.3 Å². The normalized spacial score (nSPS) is 19.1. The molecule has 3 atom stereocenters. The van der Waals surface area contributed by atoms with E-state index >= 15 is 0 Å². The van der Waals surface area contributed by atoms with E-state index in [2.05, 4.69) is 4.72 Å². The van der Waals surface area contributed by atoms with E-state index in [1.54, 1.807) is 35.4 Å². The number of aliphatic hydroxyl groups is 1. The van der Waals surface area contributed by atoms with E-state index in [1.807, 2.05) is 6.92 Å². The second kappa shape index (κ2) is 12.7. The fraction of sp³-hybridized carbons (Fsp3) is 0.370. The molecule has 41 heavy (non-hydrogen) atoms. The molecule has 2 heterocycles. The SMILES string of the molecule is C[C@@H]1CN([C@@H](C)CO)C(=O)Cc2cc(NS(=O)(=O)c3cccs3)ccc2O[C@@H]1CN(C)S(=O)(=O)c1ccc(Cl)cc1. The Morgan fingerprint density at radius 1 is 1.17 bits per heavy atom. The Bertz CT molecular complexity index is 1580. The van der Waals surface area contributed by atoms with Crippen molar-refractivity contribution in [2.24, 2.45) is 5.92 Å². The zero-order valence-corrected chi connectivity index (χ0v) is 25.9. The van der Waals surface area contributed by atoms with Crippen molar-refractivity contribution in [1.29, 1.82) is 0 Å². The van der Waals surface area contributed by atoms with Crippen molar-refractivity contribution in [1.82, 2.24) is 9.21 Å². The summed E-state index contributed by atoms with van der Waals surface area (Å²) in [4.78, 5) is 15.0. The van der Waals surface area contributed by atoms with Gasteiger partial charge in [-0.1, -0.05) is 24.6 Å². The fourth-order valence-corrected chi connectivity index (χ4v) is 7.82. The number of hydrogen-bond acceptors (Lipinski definition) is 8. The molecule has 1 aliphatic heterocycles. The molecule has 0 saturated heterocycles. The highest BCUT2D eigenvalue weighted by atomic mass is 35.5. The predicted molar refractivity (Wildman–Crippen MR) is 158 cm³/mol. The van der Waals surface area contributed by atoms with Crippen LogP contribution in [0.4, 0.5) is 5.69 Å². The molecular formula is C27H32ClN3O7S3. The number of nitrogens with zero attached hydrogens (tertiary/aromatic N) is 2. The Labute approximate surface area is 249 Å². The zero-order valence-electron chi connectivity index (χ0n) is 22.7. The van der Waals surface area contributed by atoms with Crippen molar-refractivity contribution in [3.63, 3.8) is 0 Å². The number of hydrogen-bond donors (Lipinski definition) is 2. The molecule has 0 fully saturated rings. The number of ether oxygens (including phenoxy) is 1. The Morgan fingerprint density at radius 2 is 1.88 bits per heavy atom. The van der Waals surface area contributed by atoms with Crippen LogP contribution in [-0.2, 0) is 31.3 Å². The molecule has 1 amide bonds. The van der Waals surface area contributed by atoms with Crippen molar-refractivity contribution < 1.29 is 31.5 Å². The molecule has 0 spiro atoms. The second-order valence-electron chi connectivity index (χ2n) is 9.99. The largest absolute Gasteiger partial charge is 0.488 e. The van der Waals surface area contributed by atoms with Gasteiger partial charge in [0.1, 0.15) is 16.1 Å². The molecule has 0 bridgehead atoms. The average Bonchev–Trinajstić information content (AvgIpc) is 3.49. The summed E-state index contributed by atoms with van der Waals surface area (Å²) in [5.74, 6) is -0.270. The quantitative estimate of drug-likeness (QED) is 0.364. The Kier molecular flexibility index (Phi) is 9.66. The van der Waals surface area contributed by atoms with Gasteiger partial charge in [-0.15, -0.1) is 11.3 Å². The van der Waals surface area contributed by atoms with Gasteiger partial charge in [0.05, 0.1) is 30.5 Å². The van der Waals surface area contributed by atoms with Gasteiger partial charge in [-0.05, 0) is 60.8 Å². The Morgan fingerprint density at radius 3 is 2.51 bits per heavy atom. The maximum Gasteiger partial charge on any atom is 0.271 e. The third-order valence-corrected chi connectivity index (χ3v) is 11.8. The summed E-state index contributed by atoms with van der Waals surface area (Å²) >= 11 is 7.01. The van der Waals surface area contributed by atoms with Gasteiger partial charge < -0.3 is 14.7 Å². The minimum atomic E-state index is -3.88. The number of nitrogens with one attached hydrogen (secondary N) is 1. The highest BCUT2D eigenvalue weighted by Gasteiger charge is 2.33. The van der Waals surface area contributed by atoms with Crippen LogP contribution in [0.2, 0.25) is 5.02 Å². The summed E-state index contributed by atoms with van der Waals surface area (Å²) in [6.45, 7) is 3.50. The average molecular weight is 642 g/mol. The van der Waals surface area contributed by atoms with Gasteiger partial charge in [0.25, 0.3) is 10.0 Å². The van der Waals surface area contributed by atoms with Crippen molar-refractivity contribution >= 4 is 54.6 Å². The Balaban J connectivity index is 1.68. The van der Waals surface area contributed by atoms with E-state index in [1.165, 1.54) is 47.8 Å². The van der Waals surface area contributed by atoms with E-state index in [9.17, 15) is 26.7 Å². The summed E-state index contributed by atoms with van der Waals surface area (Å²) in [5, 5.41) is 11.9. The first kappa shape index (κ1) is 31.3. The molecule has 0 aliphatic carbocycles. The van der Waals surface area contributed by atoms with Crippen LogP contribution in [0.1, 0.15) is 19.4 Å². The lowest BCUT2D eigenvalue weighted by Gasteiger charge is -2.33. The monoisotopic (exact) mass is 641 g/mol. The third-order valence-electron chi connectivity index (χ3n) is 6.89. The number of fused-ring (bicyclic) bond motifs is 1. The molecule has 2 N–H and O–H groups in total. The molecule has 10 nitrogen and oxygen atoms in total. The molecule has 3 aromatic rings. The van der Waals surface area contributed by atoms with Crippen LogP contribution in [-0.4, -0.2) is 75.9 Å². The summed E-state index contributed by atoms with van der Waals surface area (Å²) < 4.78 is 62.5. The molecule has 222 valence electrons. The highest BCUT2D eigenvalue weighted by molar-refractivity contribution is 7.94. The van der Waals surface area contributed by atoms with E-state index in [0.29, 0.717) is 16.3 Å². The number of halogens is 1. The van der Waals surface area contributed by atoms with Gasteiger partial charge >= 0.3 is 0 Å². The van der Waals surface area contributed by atoms with Gasteiger partial charge in [0, 0.05) is 35.8 Å². The molecule has 14 heteroatoms. The van der Waals surface area contributed by atoms with Crippen LogP contribution in [0.3, 0.4) is 0 Å². The van der Waals surface area contributed by atoms with Gasteiger partial charge in [-0.25, -0.2) is 16.8 Å². The number of amides is 1. The predicted octanol–water partition coefficient (Wildman–Crippen LogP) is 3.67. The standard InChI is InChI=1S/C27H32ClN3O7S3/c1-18-15-31(19(2)17-32)26(33)14-20-13-22(29-40(34,35)27-5-4-12-39-27)8-11-24(20)38-25(18)16-30(3)41(36,37)23-9-6-21(28)7-10-23/h4-13,18-19,25,29,32H,14-17H2,1-3H3/t18-,19+,25-/m1/s1. The number of thiophene rings is 1. The van der Waals surface area contributed by atoms with Crippen molar-refractivity contribution in [3.05, 3.63) is 70.6 Å². The van der Waals surface area contributed by atoms with Crippen molar-refractivity contribution in [3.8, 4) is 5.75 Å². The zero-order chi connectivity index (χ0) is 29.9. The van der Waals surface area contributed by atoms with Crippen LogP contribution >= 0.6 is 22.9 Å². The van der Waals surface area contributed by atoms with Gasteiger partial charge in [-0.3, -0.25) is 9.52 Å². The molecule has 0 radical (unpaired) electrons. The fourth-order valence-electron chi connectivity index (χ4n) is 4.47. The molecule has 2 aromatic carbocycles.